The normalized spacial score (nSPS) is 18.9. The van der Waals surface area contributed by atoms with Gasteiger partial charge in [0, 0.05) is 30.1 Å². The third-order valence-corrected chi connectivity index (χ3v) is 4.30. The van der Waals surface area contributed by atoms with Crippen molar-refractivity contribution in [1.29, 1.82) is 0 Å². The van der Waals surface area contributed by atoms with E-state index in [9.17, 15) is 8.78 Å². The summed E-state index contributed by atoms with van der Waals surface area (Å²) in [5.74, 6) is -1.38. The second-order valence-corrected chi connectivity index (χ2v) is 6.12. The maximum absolute atomic E-state index is 12.3. The predicted octanol–water partition coefficient (Wildman–Crippen LogP) is 3.05. The number of nitrogens with one attached hydrogen (secondary N) is 1. The van der Waals surface area contributed by atoms with Crippen molar-refractivity contribution in [2.45, 2.75) is 16.7 Å². The average molecular weight is 363 g/mol. The second kappa shape index (κ2) is 8.05. The molecule has 0 radical (unpaired) electrons. The molecule has 1 fully saturated rings. The number of aromatic nitrogens is 2. The van der Waals surface area contributed by atoms with E-state index < -0.39 is 5.76 Å². The van der Waals surface area contributed by atoms with Gasteiger partial charge in [-0.2, -0.15) is 13.8 Å². The van der Waals surface area contributed by atoms with E-state index >= 15 is 0 Å². The number of benzene rings is 1. The van der Waals surface area contributed by atoms with Gasteiger partial charge in [0.25, 0.3) is 11.6 Å². The van der Waals surface area contributed by atoms with Crippen LogP contribution in [0.3, 0.4) is 0 Å². The van der Waals surface area contributed by atoms with Crippen LogP contribution in [0.2, 0.25) is 0 Å². The first-order valence-corrected chi connectivity index (χ1v) is 7.81. The van der Waals surface area contributed by atoms with Gasteiger partial charge in [-0.05, 0) is 31.3 Å². The summed E-state index contributed by atoms with van der Waals surface area (Å²) in [5.41, 5.74) is 0.726. The van der Waals surface area contributed by atoms with Crippen molar-refractivity contribution in [1.82, 2.24) is 20.4 Å². The van der Waals surface area contributed by atoms with E-state index in [4.69, 9.17) is 4.52 Å². The second-order valence-electron chi connectivity index (χ2n) is 5.06. The summed E-state index contributed by atoms with van der Waals surface area (Å²) >= 11 is 0.516. The molecule has 1 aromatic carbocycles. The average Bonchev–Trinajstić information content (AvgIpc) is 2.97. The van der Waals surface area contributed by atoms with E-state index in [2.05, 4.69) is 20.4 Å². The van der Waals surface area contributed by atoms with Crippen LogP contribution in [0.15, 0.2) is 33.7 Å². The molecule has 0 saturated carbocycles. The van der Waals surface area contributed by atoms with Gasteiger partial charge in [-0.15, -0.1) is 12.4 Å². The molecule has 1 saturated heterocycles. The molecular weight excluding hydrogens is 346 g/mol. The lowest BCUT2D eigenvalue weighted by atomic mass is 10.2. The summed E-state index contributed by atoms with van der Waals surface area (Å²) in [4.78, 5) is 7.11. The van der Waals surface area contributed by atoms with Crippen LogP contribution in [0.25, 0.3) is 11.5 Å². The Hall–Kier alpha value is -1.22. The van der Waals surface area contributed by atoms with Crippen LogP contribution in [-0.2, 0) is 0 Å². The first kappa shape index (κ1) is 18.1. The summed E-state index contributed by atoms with van der Waals surface area (Å²) in [6.45, 7) is 2.65. The van der Waals surface area contributed by atoms with Crippen LogP contribution in [0.4, 0.5) is 8.78 Å². The lowest BCUT2D eigenvalue weighted by molar-refractivity contribution is 0.190. The van der Waals surface area contributed by atoms with Gasteiger partial charge < -0.3 is 9.84 Å². The number of hydrogen-bond acceptors (Lipinski definition) is 6. The highest BCUT2D eigenvalue weighted by atomic mass is 35.5. The van der Waals surface area contributed by atoms with Crippen LogP contribution in [0.5, 0.6) is 0 Å². The SMILES string of the molecule is CN1CCNCC1c1noc(-c2ccc(SC(F)F)cc2)n1.Cl. The minimum Gasteiger partial charge on any atom is -0.334 e. The van der Waals surface area contributed by atoms with Crippen molar-refractivity contribution in [2.24, 2.45) is 0 Å². The summed E-state index contributed by atoms with van der Waals surface area (Å²) in [7, 11) is 2.03. The molecule has 0 aliphatic carbocycles. The quantitative estimate of drug-likeness (QED) is 0.844. The number of alkyl halides is 2. The van der Waals surface area contributed by atoms with Crippen LogP contribution >= 0.6 is 24.2 Å². The number of halogens is 3. The van der Waals surface area contributed by atoms with Crippen molar-refractivity contribution in [3.63, 3.8) is 0 Å². The third-order valence-electron chi connectivity index (χ3n) is 3.58. The van der Waals surface area contributed by atoms with Gasteiger partial charge in [0.05, 0.1) is 6.04 Å². The molecule has 3 rings (SSSR count). The minimum absolute atomic E-state index is 0. The maximum Gasteiger partial charge on any atom is 0.288 e. The maximum atomic E-state index is 12.3. The molecule has 126 valence electrons. The Morgan fingerprint density at radius 2 is 2.09 bits per heavy atom. The summed E-state index contributed by atoms with van der Waals surface area (Å²) in [5, 5.41) is 7.35. The number of piperazine rings is 1. The van der Waals surface area contributed by atoms with Crippen molar-refractivity contribution < 1.29 is 13.3 Å². The van der Waals surface area contributed by atoms with Gasteiger partial charge in [0.1, 0.15) is 0 Å². The van der Waals surface area contributed by atoms with Crippen LogP contribution in [-0.4, -0.2) is 47.5 Å². The van der Waals surface area contributed by atoms with Crippen molar-refractivity contribution in [2.75, 3.05) is 26.7 Å². The molecule has 2 heterocycles. The fourth-order valence-corrected chi connectivity index (χ4v) is 2.86. The molecule has 1 atom stereocenters. The Morgan fingerprint density at radius 3 is 2.74 bits per heavy atom. The first-order valence-electron chi connectivity index (χ1n) is 6.93. The van der Waals surface area contributed by atoms with E-state index in [0.29, 0.717) is 28.4 Å². The molecule has 1 N–H and O–H groups in total. The van der Waals surface area contributed by atoms with E-state index in [1.807, 2.05) is 7.05 Å². The fourth-order valence-electron chi connectivity index (χ4n) is 2.36. The summed E-state index contributed by atoms with van der Waals surface area (Å²) < 4.78 is 29.9. The van der Waals surface area contributed by atoms with Crippen LogP contribution in [0, 0.1) is 0 Å². The van der Waals surface area contributed by atoms with Crippen molar-refractivity contribution in [3.05, 3.63) is 30.1 Å². The molecule has 5 nitrogen and oxygen atoms in total. The Bertz CT molecular complexity index is 625. The smallest absolute Gasteiger partial charge is 0.288 e. The molecule has 1 aromatic heterocycles. The molecule has 0 spiro atoms. The highest BCUT2D eigenvalue weighted by Gasteiger charge is 2.25. The van der Waals surface area contributed by atoms with Crippen LogP contribution < -0.4 is 5.32 Å². The van der Waals surface area contributed by atoms with Gasteiger partial charge in [-0.25, -0.2) is 0 Å². The lowest BCUT2D eigenvalue weighted by Crippen LogP contribution is -2.44. The summed E-state index contributed by atoms with van der Waals surface area (Å²) in [6, 6.07) is 6.77. The highest BCUT2D eigenvalue weighted by Crippen LogP contribution is 2.28. The zero-order chi connectivity index (χ0) is 15.5. The molecule has 0 amide bonds. The van der Waals surface area contributed by atoms with E-state index in [0.717, 1.165) is 25.2 Å². The van der Waals surface area contributed by atoms with E-state index in [-0.39, 0.29) is 18.4 Å². The third kappa shape index (κ3) is 4.41. The van der Waals surface area contributed by atoms with E-state index in [1.54, 1.807) is 24.3 Å². The number of nitrogens with zero attached hydrogens (tertiary/aromatic N) is 3. The molecular formula is C14H17ClF2N4OS. The van der Waals surface area contributed by atoms with Crippen LogP contribution in [0.1, 0.15) is 11.9 Å². The summed E-state index contributed by atoms with van der Waals surface area (Å²) in [6.07, 6.45) is 0. The Balaban J connectivity index is 0.00000192. The van der Waals surface area contributed by atoms with Crippen molar-refractivity contribution in [3.8, 4) is 11.5 Å². The topological polar surface area (TPSA) is 54.2 Å². The highest BCUT2D eigenvalue weighted by molar-refractivity contribution is 7.99. The van der Waals surface area contributed by atoms with Gasteiger partial charge in [-0.3, -0.25) is 4.90 Å². The fraction of sp³-hybridized carbons (Fsp3) is 0.429. The van der Waals surface area contributed by atoms with Gasteiger partial charge >= 0.3 is 0 Å². The zero-order valence-electron chi connectivity index (χ0n) is 12.4. The predicted molar refractivity (Wildman–Crippen MR) is 87.1 cm³/mol. The molecule has 9 heteroatoms. The van der Waals surface area contributed by atoms with E-state index in [1.165, 1.54) is 0 Å². The van der Waals surface area contributed by atoms with Gasteiger partial charge in [0.15, 0.2) is 5.82 Å². The lowest BCUT2D eigenvalue weighted by Gasteiger charge is -2.30. The largest absolute Gasteiger partial charge is 0.334 e. The van der Waals surface area contributed by atoms with Gasteiger partial charge in [0.2, 0.25) is 0 Å². The molecule has 2 aromatic rings. The Morgan fingerprint density at radius 1 is 1.35 bits per heavy atom. The monoisotopic (exact) mass is 362 g/mol. The molecule has 0 bridgehead atoms. The Kier molecular flexibility index (Phi) is 6.34. The zero-order valence-corrected chi connectivity index (χ0v) is 14.0. The molecule has 1 aliphatic heterocycles. The molecule has 1 aliphatic rings. The number of likely N-dealkylation sites (N-methyl/N-ethyl adjacent to an activating group) is 1. The standard InChI is InChI=1S/C14H16F2N4OS.ClH/c1-20-7-6-17-8-11(20)12-18-13(21-19-12)9-2-4-10(5-3-9)22-14(15)16;/h2-5,11,14,17H,6-8H2,1H3;1H. The molecule has 1 unspecified atom stereocenters. The minimum atomic E-state index is -2.42. The first-order chi connectivity index (χ1) is 10.6. The Labute approximate surface area is 143 Å². The number of thioether (sulfide) groups is 1. The number of rotatable bonds is 4. The van der Waals surface area contributed by atoms with Gasteiger partial charge in [-0.1, -0.05) is 16.9 Å². The van der Waals surface area contributed by atoms with Crippen molar-refractivity contribution >= 4 is 24.2 Å². The molecule has 23 heavy (non-hydrogen) atoms. The number of hydrogen-bond donors (Lipinski definition) is 1.